The smallest absolute Gasteiger partial charge is 0.253 e. The van der Waals surface area contributed by atoms with E-state index in [0.717, 1.165) is 21.0 Å². The molecule has 0 aliphatic carbocycles. The van der Waals surface area contributed by atoms with Gasteiger partial charge in [-0.25, -0.2) is 0 Å². The fraction of sp³-hybridized carbons (Fsp3) is 0.154. The van der Waals surface area contributed by atoms with E-state index in [2.05, 4.69) is 31.1 Å². The van der Waals surface area contributed by atoms with Gasteiger partial charge in [-0.1, -0.05) is 6.07 Å². The first-order valence-electron chi connectivity index (χ1n) is 5.68. The highest BCUT2D eigenvalue weighted by Crippen LogP contribution is 2.32. The highest BCUT2D eigenvalue weighted by Gasteiger charge is 2.08. The molecule has 2 heterocycles. The monoisotopic (exact) mass is 319 g/mol. The van der Waals surface area contributed by atoms with Crippen molar-refractivity contribution in [3.8, 4) is 5.75 Å². The number of benzene rings is 1. The van der Waals surface area contributed by atoms with E-state index in [1.807, 2.05) is 18.2 Å². The van der Waals surface area contributed by atoms with Crippen LogP contribution >= 0.6 is 15.9 Å². The molecule has 2 aromatic heterocycles. The molecular weight excluding hydrogens is 310 g/mol. The predicted molar refractivity (Wildman–Crippen MR) is 72.8 cm³/mol. The number of rotatable bonds is 3. The number of halogens is 1. The molecule has 0 unspecified atom stereocenters. The maximum absolute atomic E-state index is 5.67. The molecule has 3 rings (SSSR count). The van der Waals surface area contributed by atoms with Crippen LogP contribution in [0.3, 0.4) is 0 Å². The van der Waals surface area contributed by atoms with E-state index >= 15 is 0 Å². The molecule has 19 heavy (non-hydrogen) atoms. The van der Waals surface area contributed by atoms with Gasteiger partial charge in [0.2, 0.25) is 5.89 Å². The third-order valence-electron chi connectivity index (χ3n) is 2.64. The van der Waals surface area contributed by atoms with Gasteiger partial charge < -0.3 is 9.15 Å². The van der Waals surface area contributed by atoms with Crippen LogP contribution < -0.4 is 4.74 Å². The molecule has 1 aromatic carbocycles. The Hall–Kier alpha value is -1.95. The van der Waals surface area contributed by atoms with Crippen LogP contribution in [0.15, 0.2) is 39.5 Å². The number of aryl methyl sites for hydroxylation is 1. The van der Waals surface area contributed by atoms with Crippen molar-refractivity contribution in [1.82, 2.24) is 15.2 Å². The molecule has 0 amide bonds. The Morgan fingerprint density at radius 1 is 1.26 bits per heavy atom. The highest BCUT2D eigenvalue weighted by molar-refractivity contribution is 9.10. The molecule has 0 saturated carbocycles. The summed E-state index contributed by atoms with van der Waals surface area (Å²) in [6.07, 6.45) is 3.56. The van der Waals surface area contributed by atoms with Crippen molar-refractivity contribution in [1.29, 1.82) is 0 Å². The maximum atomic E-state index is 5.67. The number of aromatic nitrogens is 3. The summed E-state index contributed by atoms with van der Waals surface area (Å²) in [5.41, 5.74) is 0. The molecule has 0 radical (unpaired) electrons. The number of pyridine rings is 1. The fourth-order valence-electron chi connectivity index (χ4n) is 1.75. The number of fused-ring (bicyclic) bond motifs is 1. The molecule has 0 atom stereocenters. The molecule has 6 heteroatoms. The van der Waals surface area contributed by atoms with Crippen molar-refractivity contribution in [3.05, 3.63) is 46.8 Å². The van der Waals surface area contributed by atoms with Crippen molar-refractivity contribution < 1.29 is 9.15 Å². The molecule has 0 aliphatic heterocycles. The van der Waals surface area contributed by atoms with Gasteiger partial charge in [-0.2, -0.15) is 0 Å². The number of hydrogen-bond acceptors (Lipinski definition) is 5. The van der Waals surface area contributed by atoms with E-state index in [1.54, 1.807) is 19.3 Å². The minimum Gasteiger partial charge on any atom is -0.483 e. The topological polar surface area (TPSA) is 61.0 Å². The summed E-state index contributed by atoms with van der Waals surface area (Å²) in [6, 6.07) is 5.83. The first-order valence-corrected chi connectivity index (χ1v) is 6.47. The zero-order chi connectivity index (χ0) is 13.2. The largest absolute Gasteiger partial charge is 0.483 e. The average Bonchev–Trinajstić information content (AvgIpc) is 2.84. The molecular formula is C13H10BrN3O2. The molecule has 0 aliphatic rings. The van der Waals surface area contributed by atoms with E-state index in [1.165, 1.54) is 0 Å². The van der Waals surface area contributed by atoms with Gasteiger partial charge >= 0.3 is 0 Å². The Morgan fingerprint density at radius 3 is 2.95 bits per heavy atom. The van der Waals surface area contributed by atoms with Crippen molar-refractivity contribution in [2.75, 3.05) is 0 Å². The first kappa shape index (κ1) is 12.1. The van der Waals surface area contributed by atoms with Crippen LogP contribution in [0.25, 0.3) is 10.8 Å². The van der Waals surface area contributed by atoms with E-state index in [9.17, 15) is 0 Å². The number of hydrogen-bond donors (Lipinski definition) is 0. The Balaban J connectivity index is 1.87. The predicted octanol–water partition coefficient (Wildman–Crippen LogP) is 3.27. The molecule has 3 aromatic rings. The van der Waals surface area contributed by atoms with Crippen molar-refractivity contribution in [2.24, 2.45) is 0 Å². The van der Waals surface area contributed by atoms with Gasteiger partial charge in [0.05, 0.1) is 4.47 Å². The molecule has 5 nitrogen and oxygen atoms in total. The van der Waals surface area contributed by atoms with Gasteiger partial charge in [-0.15, -0.1) is 10.2 Å². The quantitative estimate of drug-likeness (QED) is 0.741. The summed E-state index contributed by atoms with van der Waals surface area (Å²) in [6.45, 7) is 1.99. The van der Waals surface area contributed by atoms with Crippen LogP contribution in [0, 0.1) is 6.92 Å². The van der Waals surface area contributed by atoms with Gasteiger partial charge in [-0.3, -0.25) is 4.98 Å². The van der Waals surface area contributed by atoms with Crippen molar-refractivity contribution in [2.45, 2.75) is 13.5 Å². The highest BCUT2D eigenvalue weighted by atomic mass is 79.9. The van der Waals surface area contributed by atoms with Gasteiger partial charge in [-0.05, 0) is 33.4 Å². The summed E-state index contributed by atoms with van der Waals surface area (Å²) >= 11 is 3.53. The van der Waals surface area contributed by atoms with E-state index in [4.69, 9.17) is 9.15 Å². The normalized spacial score (nSPS) is 10.8. The zero-order valence-corrected chi connectivity index (χ0v) is 11.7. The summed E-state index contributed by atoms with van der Waals surface area (Å²) in [4.78, 5) is 4.11. The van der Waals surface area contributed by atoms with Crippen LogP contribution in [-0.4, -0.2) is 15.2 Å². The number of ether oxygens (including phenoxy) is 1. The second-order valence-corrected chi connectivity index (χ2v) is 4.77. The van der Waals surface area contributed by atoms with E-state index in [0.29, 0.717) is 11.8 Å². The summed E-state index contributed by atoms with van der Waals surface area (Å²) in [5, 5.41) is 9.74. The maximum Gasteiger partial charge on any atom is 0.253 e. The van der Waals surface area contributed by atoms with Crippen molar-refractivity contribution >= 4 is 26.7 Å². The van der Waals surface area contributed by atoms with Crippen molar-refractivity contribution in [3.63, 3.8) is 0 Å². The van der Waals surface area contributed by atoms with Gasteiger partial charge in [0, 0.05) is 24.7 Å². The van der Waals surface area contributed by atoms with Gasteiger partial charge in [0.25, 0.3) is 5.89 Å². The molecule has 0 fully saturated rings. The zero-order valence-electron chi connectivity index (χ0n) is 10.1. The van der Waals surface area contributed by atoms with E-state index in [-0.39, 0.29) is 6.61 Å². The molecule has 0 saturated heterocycles. The average molecular weight is 320 g/mol. The van der Waals surface area contributed by atoms with Gasteiger partial charge in [0.15, 0.2) is 6.61 Å². The Morgan fingerprint density at radius 2 is 2.16 bits per heavy atom. The molecule has 0 spiro atoms. The third-order valence-corrected chi connectivity index (χ3v) is 3.46. The molecule has 0 N–H and O–H groups in total. The number of nitrogens with zero attached hydrogens (tertiary/aromatic N) is 3. The standard InChI is InChI=1S/C13H10BrN3O2/c1-8-16-17-12(19-8)7-18-11-3-2-9-4-5-15-6-10(9)13(11)14/h2-6H,7H2,1H3. The summed E-state index contributed by atoms with van der Waals surface area (Å²) in [5.74, 6) is 1.70. The lowest BCUT2D eigenvalue weighted by atomic mass is 10.2. The van der Waals surface area contributed by atoms with Crippen LogP contribution in [0.2, 0.25) is 0 Å². The minimum atomic E-state index is 0.241. The van der Waals surface area contributed by atoms with Gasteiger partial charge in [0.1, 0.15) is 5.75 Å². The van der Waals surface area contributed by atoms with Crippen LogP contribution in [-0.2, 0) is 6.61 Å². The molecule has 0 bridgehead atoms. The second kappa shape index (κ2) is 4.97. The van der Waals surface area contributed by atoms with Crippen LogP contribution in [0.5, 0.6) is 5.75 Å². The molecule has 96 valence electrons. The SMILES string of the molecule is Cc1nnc(COc2ccc3ccncc3c2Br)o1. The van der Waals surface area contributed by atoms with Crippen LogP contribution in [0.4, 0.5) is 0 Å². The lowest BCUT2D eigenvalue weighted by molar-refractivity contribution is 0.259. The summed E-state index contributed by atoms with van der Waals surface area (Å²) < 4.78 is 11.8. The Labute approximate surface area is 117 Å². The Bertz CT molecular complexity index is 727. The minimum absolute atomic E-state index is 0.241. The fourth-order valence-corrected chi connectivity index (χ4v) is 2.33. The lowest BCUT2D eigenvalue weighted by Crippen LogP contribution is -1.96. The Kier molecular flexibility index (Phi) is 3.16. The lowest BCUT2D eigenvalue weighted by Gasteiger charge is -2.08. The third kappa shape index (κ3) is 2.44. The van der Waals surface area contributed by atoms with Crippen LogP contribution in [0.1, 0.15) is 11.8 Å². The van der Waals surface area contributed by atoms with E-state index < -0.39 is 0 Å². The second-order valence-electron chi connectivity index (χ2n) is 3.98. The first-order chi connectivity index (χ1) is 9.24. The summed E-state index contributed by atoms with van der Waals surface area (Å²) in [7, 11) is 0.